The fourth-order valence-electron chi connectivity index (χ4n) is 1.72. The number of ether oxygens (including phenoxy) is 2. The minimum absolute atomic E-state index is 0.594. The van der Waals surface area contributed by atoms with E-state index >= 15 is 0 Å². The zero-order valence-corrected chi connectivity index (χ0v) is 14.6. The van der Waals surface area contributed by atoms with Crippen molar-refractivity contribution in [1.29, 1.82) is 0 Å². The van der Waals surface area contributed by atoms with Gasteiger partial charge in [-0.2, -0.15) is 0 Å². The van der Waals surface area contributed by atoms with Gasteiger partial charge in [-0.1, -0.05) is 25.3 Å². The van der Waals surface area contributed by atoms with Crippen molar-refractivity contribution >= 4 is 20.4 Å². The summed E-state index contributed by atoms with van der Waals surface area (Å²) in [6.45, 7) is 6.71. The normalized spacial score (nSPS) is 11.6. The van der Waals surface area contributed by atoms with E-state index in [0.717, 1.165) is 15.9 Å². The highest BCUT2D eigenvalue weighted by molar-refractivity contribution is 6.80. The molecule has 114 valence electrons. The molecule has 0 amide bonds. The maximum absolute atomic E-state index is 11.3. The van der Waals surface area contributed by atoms with Gasteiger partial charge in [0.1, 0.15) is 7.05 Å². The number of hydrogen-bond donors (Lipinski definition) is 0. The van der Waals surface area contributed by atoms with Gasteiger partial charge >= 0.3 is 0 Å². The van der Waals surface area contributed by atoms with Crippen LogP contribution in [0.1, 0.15) is 11.1 Å². The number of nitrogens with zero attached hydrogens (tertiary/aromatic N) is 1. The SMILES string of the molecule is COc1cc(C=C=C[Si](C)(C)C)c(/C=[N+](/C)[O-])cc1OC. The number of benzene rings is 1. The Bertz CT molecular complexity index is 590. The molecule has 0 spiro atoms. The predicted octanol–water partition coefficient (Wildman–Crippen LogP) is 3.31. The maximum Gasteiger partial charge on any atom is 0.182 e. The van der Waals surface area contributed by atoms with E-state index in [-0.39, 0.29) is 0 Å². The van der Waals surface area contributed by atoms with Crippen molar-refractivity contribution in [3.05, 3.63) is 39.9 Å². The summed E-state index contributed by atoms with van der Waals surface area (Å²) in [5.74, 6) is 1.22. The summed E-state index contributed by atoms with van der Waals surface area (Å²) < 4.78 is 11.3. The van der Waals surface area contributed by atoms with Crippen LogP contribution >= 0.6 is 0 Å². The Labute approximate surface area is 127 Å². The first kappa shape index (κ1) is 17.1. The molecule has 1 rings (SSSR count). The zero-order valence-electron chi connectivity index (χ0n) is 13.6. The van der Waals surface area contributed by atoms with Crippen LogP contribution in [0.3, 0.4) is 0 Å². The molecular formula is C16H23NO3Si. The second kappa shape index (κ2) is 7.15. The number of hydrogen-bond acceptors (Lipinski definition) is 3. The van der Waals surface area contributed by atoms with Crippen molar-refractivity contribution in [3.8, 4) is 11.5 Å². The van der Waals surface area contributed by atoms with Crippen LogP contribution in [0.25, 0.3) is 6.08 Å². The lowest BCUT2D eigenvalue weighted by Crippen LogP contribution is -2.14. The van der Waals surface area contributed by atoms with Gasteiger partial charge in [-0.25, -0.2) is 4.74 Å². The lowest BCUT2D eigenvalue weighted by atomic mass is 10.1. The first-order valence-electron chi connectivity index (χ1n) is 6.71. The molecule has 0 radical (unpaired) electrons. The summed E-state index contributed by atoms with van der Waals surface area (Å²) in [6.07, 6.45) is 3.37. The maximum atomic E-state index is 11.3. The van der Waals surface area contributed by atoms with Crippen LogP contribution in [0.4, 0.5) is 0 Å². The molecule has 5 heteroatoms. The van der Waals surface area contributed by atoms with Gasteiger partial charge < -0.3 is 14.7 Å². The molecule has 0 aromatic heterocycles. The lowest BCUT2D eigenvalue weighted by Gasteiger charge is -2.10. The molecule has 0 heterocycles. The third-order valence-corrected chi connectivity index (χ3v) is 3.70. The third-order valence-electron chi connectivity index (χ3n) is 2.67. The predicted molar refractivity (Wildman–Crippen MR) is 90.2 cm³/mol. The van der Waals surface area contributed by atoms with E-state index in [4.69, 9.17) is 9.47 Å². The van der Waals surface area contributed by atoms with E-state index in [1.807, 2.05) is 12.1 Å². The molecule has 0 fully saturated rings. The Kier molecular flexibility index (Phi) is 5.82. The largest absolute Gasteiger partial charge is 0.624 e. The first-order valence-corrected chi connectivity index (χ1v) is 10.3. The van der Waals surface area contributed by atoms with Crippen LogP contribution < -0.4 is 9.47 Å². The minimum Gasteiger partial charge on any atom is -0.624 e. The van der Waals surface area contributed by atoms with Crippen LogP contribution in [0, 0.1) is 5.21 Å². The summed E-state index contributed by atoms with van der Waals surface area (Å²) >= 11 is 0. The topological polar surface area (TPSA) is 44.5 Å². The number of methoxy groups -OCH3 is 2. The Morgan fingerprint density at radius 1 is 1.10 bits per heavy atom. The Morgan fingerprint density at radius 3 is 2.05 bits per heavy atom. The van der Waals surface area contributed by atoms with Crippen molar-refractivity contribution in [2.75, 3.05) is 21.3 Å². The van der Waals surface area contributed by atoms with Crippen molar-refractivity contribution in [3.63, 3.8) is 0 Å². The van der Waals surface area contributed by atoms with E-state index in [0.29, 0.717) is 11.5 Å². The molecule has 0 aliphatic rings. The Balaban J connectivity index is 3.40. The van der Waals surface area contributed by atoms with Gasteiger partial charge in [0.05, 0.1) is 27.9 Å². The molecule has 1 aromatic rings. The third kappa shape index (κ3) is 5.50. The molecule has 0 saturated carbocycles. The monoisotopic (exact) mass is 305 g/mol. The smallest absolute Gasteiger partial charge is 0.182 e. The van der Waals surface area contributed by atoms with Gasteiger partial charge in [-0.15, -0.1) is 5.73 Å². The van der Waals surface area contributed by atoms with E-state index in [1.165, 1.54) is 13.3 Å². The average Bonchev–Trinajstić information content (AvgIpc) is 2.37. The summed E-state index contributed by atoms with van der Waals surface area (Å²) in [4.78, 5) is 0. The van der Waals surface area contributed by atoms with E-state index in [9.17, 15) is 5.21 Å². The van der Waals surface area contributed by atoms with Crippen LogP contribution in [0.5, 0.6) is 11.5 Å². The molecule has 21 heavy (non-hydrogen) atoms. The summed E-state index contributed by atoms with van der Waals surface area (Å²) in [6, 6.07) is 3.63. The molecule has 0 bridgehead atoms. The molecule has 0 aliphatic carbocycles. The van der Waals surface area contributed by atoms with E-state index in [1.54, 1.807) is 20.3 Å². The molecular weight excluding hydrogens is 282 g/mol. The van der Waals surface area contributed by atoms with Crippen molar-refractivity contribution in [1.82, 2.24) is 0 Å². The van der Waals surface area contributed by atoms with Crippen LogP contribution in [-0.2, 0) is 0 Å². The van der Waals surface area contributed by atoms with Gasteiger partial charge in [0, 0.05) is 0 Å². The van der Waals surface area contributed by atoms with E-state index < -0.39 is 8.07 Å². The van der Waals surface area contributed by atoms with Gasteiger partial charge in [-0.3, -0.25) is 0 Å². The highest BCUT2D eigenvalue weighted by Gasteiger charge is 2.10. The quantitative estimate of drug-likeness (QED) is 0.209. The molecule has 1 aromatic carbocycles. The lowest BCUT2D eigenvalue weighted by molar-refractivity contribution is -0.416. The zero-order chi connectivity index (χ0) is 16.0. The van der Waals surface area contributed by atoms with Gasteiger partial charge in [0.2, 0.25) is 0 Å². The van der Waals surface area contributed by atoms with Crippen LogP contribution in [0.15, 0.2) is 23.6 Å². The average molecular weight is 305 g/mol. The second-order valence-corrected chi connectivity index (χ2v) is 10.9. The summed E-state index contributed by atoms with van der Waals surface area (Å²) in [5, 5.41) is 11.3. The second-order valence-electron chi connectivity index (χ2n) is 5.83. The Hall–Kier alpha value is -1.97. The Morgan fingerprint density at radius 2 is 1.62 bits per heavy atom. The molecule has 0 atom stereocenters. The fraction of sp³-hybridized carbons (Fsp3) is 0.375. The first-order chi connectivity index (χ1) is 9.76. The molecule has 0 aliphatic heterocycles. The standard InChI is InChI=1S/C16H23NO3Si/c1-17(18)12-14-11-16(20-3)15(19-2)10-13(14)8-7-9-21(4,5)6/h8-12H,1-6H3/b17-12-. The van der Waals surface area contributed by atoms with Crippen LogP contribution in [-0.4, -0.2) is 40.3 Å². The number of hydroxylamine groups is 1. The van der Waals surface area contributed by atoms with Gasteiger partial charge in [0.15, 0.2) is 17.7 Å². The molecule has 4 nitrogen and oxygen atoms in total. The number of rotatable bonds is 5. The summed E-state index contributed by atoms with van der Waals surface area (Å²) in [7, 11) is 3.30. The van der Waals surface area contributed by atoms with Crippen LogP contribution in [0.2, 0.25) is 19.6 Å². The van der Waals surface area contributed by atoms with E-state index in [2.05, 4.69) is 31.1 Å². The van der Waals surface area contributed by atoms with Crippen molar-refractivity contribution < 1.29 is 14.2 Å². The highest BCUT2D eigenvalue weighted by atomic mass is 28.3. The summed E-state index contributed by atoms with van der Waals surface area (Å²) in [5.41, 5.74) is 6.97. The van der Waals surface area contributed by atoms with Gasteiger partial charge in [0.25, 0.3) is 0 Å². The molecule has 0 saturated heterocycles. The van der Waals surface area contributed by atoms with Gasteiger partial charge in [-0.05, 0) is 23.8 Å². The highest BCUT2D eigenvalue weighted by Crippen LogP contribution is 2.30. The van der Waals surface area contributed by atoms with Crippen molar-refractivity contribution in [2.24, 2.45) is 0 Å². The molecule has 0 unspecified atom stereocenters. The fourth-order valence-corrected chi connectivity index (χ4v) is 2.31. The van der Waals surface area contributed by atoms with Crippen molar-refractivity contribution in [2.45, 2.75) is 19.6 Å². The minimum atomic E-state index is -1.31. The molecule has 0 N–H and O–H groups in total.